The van der Waals surface area contributed by atoms with Gasteiger partial charge in [-0.15, -0.1) is 0 Å². The lowest BCUT2D eigenvalue weighted by atomic mass is 9.96. The van der Waals surface area contributed by atoms with Gasteiger partial charge in [-0.1, -0.05) is 30.3 Å². The molecule has 0 bridgehead atoms. The quantitative estimate of drug-likeness (QED) is 0.771. The maximum absolute atomic E-state index is 13.4. The number of aromatic nitrogens is 2. The molecule has 0 N–H and O–H groups in total. The lowest BCUT2D eigenvalue weighted by Gasteiger charge is -2.41. The van der Waals surface area contributed by atoms with Crippen molar-refractivity contribution in [3.05, 3.63) is 54.4 Å². The largest absolute Gasteiger partial charge is 0.445 e. The van der Waals surface area contributed by atoms with E-state index in [0.29, 0.717) is 45.1 Å². The molecule has 0 saturated carbocycles. The number of nitrogens with zero attached hydrogens (tertiary/aromatic N) is 5. The number of hydrogen-bond acceptors (Lipinski definition) is 6. The number of carbonyl (C=O) groups is 2. The van der Waals surface area contributed by atoms with Crippen LogP contribution in [-0.2, 0) is 16.1 Å². The van der Waals surface area contributed by atoms with E-state index in [1.54, 1.807) is 23.4 Å². The van der Waals surface area contributed by atoms with Gasteiger partial charge in [-0.3, -0.25) is 9.69 Å². The van der Waals surface area contributed by atoms with Gasteiger partial charge in [0.25, 0.3) is 0 Å². The summed E-state index contributed by atoms with van der Waals surface area (Å²) in [7, 11) is 0. The second kappa shape index (κ2) is 8.69. The molecule has 2 aliphatic rings. The van der Waals surface area contributed by atoms with E-state index in [9.17, 15) is 9.59 Å². The monoisotopic (exact) mass is 409 g/mol. The van der Waals surface area contributed by atoms with Gasteiger partial charge in [0, 0.05) is 45.1 Å². The van der Waals surface area contributed by atoms with Gasteiger partial charge in [-0.25, -0.2) is 14.8 Å². The smallest absolute Gasteiger partial charge is 0.410 e. The SMILES string of the molecule is CC1(C(=O)N2CCN(c3ncccn3)CC2)CCCN1C(=O)OCc1ccccc1. The molecule has 3 heterocycles. The number of ether oxygens (including phenoxy) is 1. The van der Waals surface area contributed by atoms with Crippen molar-refractivity contribution < 1.29 is 14.3 Å². The molecule has 30 heavy (non-hydrogen) atoms. The molecule has 1 aromatic carbocycles. The van der Waals surface area contributed by atoms with E-state index in [0.717, 1.165) is 12.0 Å². The van der Waals surface area contributed by atoms with Crippen molar-refractivity contribution in [1.82, 2.24) is 19.8 Å². The van der Waals surface area contributed by atoms with Crippen LogP contribution in [0.3, 0.4) is 0 Å². The summed E-state index contributed by atoms with van der Waals surface area (Å²) in [6, 6.07) is 11.4. The van der Waals surface area contributed by atoms with Crippen LogP contribution in [0.2, 0.25) is 0 Å². The third-order valence-electron chi connectivity index (χ3n) is 5.93. The third kappa shape index (κ3) is 4.08. The van der Waals surface area contributed by atoms with Crippen LogP contribution in [0.4, 0.5) is 10.7 Å². The standard InChI is InChI=1S/C22H27N5O3/c1-22(9-5-12-27(22)21(29)30-17-18-7-3-2-4-8-18)19(28)25-13-15-26(16-14-25)20-23-10-6-11-24-20/h2-4,6-8,10-11H,5,9,12-17H2,1H3. The van der Waals surface area contributed by atoms with Crippen LogP contribution >= 0.6 is 0 Å². The fourth-order valence-electron chi connectivity index (χ4n) is 4.18. The Morgan fingerprint density at radius 1 is 1.00 bits per heavy atom. The topological polar surface area (TPSA) is 78.9 Å². The Balaban J connectivity index is 1.37. The minimum absolute atomic E-state index is 0.00899. The molecule has 0 spiro atoms. The molecule has 2 aliphatic heterocycles. The van der Waals surface area contributed by atoms with Crippen LogP contribution in [-0.4, -0.2) is 70.0 Å². The van der Waals surface area contributed by atoms with E-state index < -0.39 is 11.6 Å². The van der Waals surface area contributed by atoms with Crippen LogP contribution in [0.15, 0.2) is 48.8 Å². The summed E-state index contributed by atoms with van der Waals surface area (Å²) in [6.45, 7) is 5.11. The number of rotatable bonds is 4. The van der Waals surface area contributed by atoms with E-state index in [-0.39, 0.29) is 12.5 Å². The van der Waals surface area contributed by atoms with Gasteiger partial charge >= 0.3 is 6.09 Å². The number of likely N-dealkylation sites (tertiary alicyclic amines) is 1. The second-order valence-corrected chi connectivity index (χ2v) is 7.90. The fraction of sp³-hybridized carbons (Fsp3) is 0.455. The van der Waals surface area contributed by atoms with Gasteiger partial charge in [-0.2, -0.15) is 0 Å². The summed E-state index contributed by atoms with van der Waals surface area (Å²) < 4.78 is 5.51. The summed E-state index contributed by atoms with van der Waals surface area (Å²) >= 11 is 0. The highest BCUT2D eigenvalue weighted by atomic mass is 16.6. The van der Waals surface area contributed by atoms with Gasteiger partial charge in [0.05, 0.1) is 0 Å². The Hall–Kier alpha value is -3.16. The first kappa shape index (κ1) is 20.1. The predicted molar refractivity (Wildman–Crippen MR) is 112 cm³/mol. The van der Waals surface area contributed by atoms with E-state index in [2.05, 4.69) is 14.9 Å². The van der Waals surface area contributed by atoms with E-state index in [1.807, 2.05) is 42.2 Å². The molecule has 8 heteroatoms. The van der Waals surface area contributed by atoms with E-state index >= 15 is 0 Å². The molecule has 1 aromatic heterocycles. The average Bonchev–Trinajstić information content (AvgIpc) is 3.21. The van der Waals surface area contributed by atoms with Crippen molar-refractivity contribution >= 4 is 17.9 Å². The predicted octanol–water partition coefficient (Wildman–Crippen LogP) is 2.32. The highest BCUT2D eigenvalue weighted by Gasteiger charge is 2.48. The maximum Gasteiger partial charge on any atom is 0.410 e. The van der Waals surface area contributed by atoms with E-state index in [1.165, 1.54) is 0 Å². The van der Waals surface area contributed by atoms with Crippen LogP contribution in [0.25, 0.3) is 0 Å². The maximum atomic E-state index is 13.4. The Labute approximate surface area is 176 Å². The summed E-state index contributed by atoms with van der Waals surface area (Å²) in [4.78, 5) is 40.2. The van der Waals surface area contributed by atoms with Gasteiger partial charge in [-0.05, 0) is 31.4 Å². The number of carbonyl (C=O) groups excluding carboxylic acids is 2. The first-order chi connectivity index (χ1) is 14.6. The minimum Gasteiger partial charge on any atom is -0.445 e. The normalized spacial score (nSPS) is 21.6. The molecule has 158 valence electrons. The Kier molecular flexibility index (Phi) is 5.83. The molecule has 2 fully saturated rings. The molecule has 1 unspecified atom stereocenters. The van der Waals surface area contributed by atoms with Gasteiger partial charge in [0.2, 0.25) is 11.9 Å². The zero-order chi connectivity index (χ0) is 21.0. The number of amides is 2. The molecule has 0 radical (unpaired) electrons. The van der Waals surface area contributed by atoms with E-state index in [4.69, 9.17) is 4.74 Å². The highest BCUT2D eigenvalue weighted by Crippen LogP contribution is 2.32. The van der Waals surface area contributed by atoms with Crippen LogP contribution < -0.4 is 4.90 Å². The van der Waals surface area contributed by atoms with Crippen LogP contribution in [0.1, 0.15) is 25.3 Å². The summed E-state index contributed by atoms with van der Waals surface area (Å²) in [5.74, 6) is 0.674. The van der Waals surface area contributed by atoms with Gasteiger partial charge in [0.1, 0.15) is 12.1 Å². The molecule has 0 aliphatic carbocycles. The van der Waals surface area contributed by atoms with Crippen LogP contribution in [0, 0.1) is 0 Å². The van der Waals surface area contributed by atoms with Crippen molar-refractivity contribution in [2.75, 3.05) is 37.6 Å². The van der Waals surface area contributed by atoms with Crippen molar-refractivity contribution in [3.8, 4) is 0 Å². The molecule has 4 rings (SSSR count). The Bertz CT molecular complexity index is 871. The molecule has 8 nitrogen and oxygen atoms in total. The summed E-state index contributed by atoms with van der Waals surface area (Å²) in [6.07, 6.45) is 4.45. The lowest BCUT2D eigenvalue weighted by molar-refractivity contribution is -0.141. The van der Waals surface area contributed by atoms with Crippen molar-refractivity contribution in [2.45, 2.75) is 31.9 Å². The first-order valence-electron chi connectivity index (χ1n) is 10.4. The van der Waals surface area contributed by atoms with Crippen LogP contribution in [0.5, 0.6) is 0 Å². The summed E-state index contributed by atoms with van der Waals surface area (Å²) in [5, 5.41) is 0. The minimum atomic E-state index is -0.862. The second-order valence-electron chi connectivity index (χ2n) is 7.90. The number of hydrogen-bond donors (Lipinski definition) is 0. The fourth-order valence-corrected chi connectivity index (χ4v) is 4.18. The van der Waals surface area contributed by atoms with Gasteiger partial charge < -0.3 is 14.5 Å². The molecule has 2 aromatic rings. The Morgan fingerprint density at radius 2 is 1.70 bits per heavy atom. The average molecular weight is 409 g/mol. The lowest BCUT2D eigenvalue weighted by Crippen LogP contribution is -2.60. The number of anilines is 1. The zero-order valence-electron chi connectivity index (χ0n) is 17.2. The zero-order valence-corrected chi connectivity index (χ0v) is 17.2. The van der Waals surface area contributed by atoms with Gasteiger partial charge in [0.15, 0.2) is 0 Å². The molecule has 2 saturated heterocycles. The number of piperazine rings is 1. The van der Waals surface area contributed by atoms with Crippen molar-refractivity contribution in [2.24, 2.45) is 0 Å². The molecule has 2 amide bonds. The highest BCUT2D eigenvalue weighted by molar-refractivity contribution is 5.90. The third-order valence-corrected chi connectivity index (χ3v) is 5.93. The Morgan fingerprint density at radius 3 is 2.40 bits per heavy atom. The van der Waals surface area contributed by atoms with Crippen molar-refractivity contribution in [1.29, 1.82) is 0 Å². The summed E-state index contributed by atoms with van der Waals surface area (Å²) in [5.41, 5.74) is 0.0662. The van der Waals surface area contributed by atoms with Crippen molar-refractivity contribution in [3.63, 3.8) is 0 Å². The molecule has 1 atom stereocenters. The first-order valence-corrected chi connectivity index (χ1v) is 10.4. The molecular weight excluding hydrogens is 382 g/mol. The molecular formula is C22H27N5O3. The number of benzene rings is 1.